The van der Waals surface area contributed by atoms with E-state index in [4.69, 9.17) is 19.0 Å². The lowest BCUT2D eigenvalue weighted by Crippen LogP contribution is -2.38. The molecule has 2 aromatic carbocycles. The normalized spacial score (nSPS) is 14.2. The van der Waals surface area contributed by atoms with Gasteiger partial charge in [-0.25, -0.2) is 9.78 Å². The van der Waals surface area contributed by atoms with Gasteiger partial charge in [0, 0.05) is 48.6 Å². The number of nitrogens with one attached hydrogen (secondary N) is 2. The molecule has 2 N–H and O–H groups in total. The number of hydrogen-bond acceptors (Lipinski definition) is 8. The highest BCUT2D eigenvalue weighted by atomic mass is 79.9. The van der Waals surface area contributed by atoms with Crippen LogP contribution in [0, 0.1) is 0 Å². The Kier molecular flexibility index (Phi) is 8.64. The minimum absolute atomic E-state index is 0. The van der Waals surface area contributed by atoms with Gasteiger partial charge < -0.3 is 19.3 Å². The topological polar surface area (TPSA) is 106 Å². The fraction of sp³-hybridized carbons (Fsp3) is 0.345. The number of nitrogens with zero attached hydrogens (tertiary/aromatic N) is 4. The molecule has 5 aromatic rings. The molecule has 1 fully saturated rings. The number of rotatable bonds is 7. The third-order valence-electron chi connectivity index (χ3n) is 6.78. The number of morpholine rings is 1. The molecule has 0 aliphatic carbocycles. The molecule has 6 rings (SSSR count). The second-order valence-corrected chi connectivity index (χ2v) is 11.8. The van der Waals surface area contributed by atoms with Crippen LogP contribution in [0.1, 0.15) is 26.5 Å². The van der Waals surface area contributed by atoms with Crippen LogP contribution in [0.2, 0.25) is 0 Å². The summed E-state index contributed by atoms with van der Waals surface area (Å²) in [5.74, 6) is 1.94. The van der Waals surface area contributed by atoms with Crippen LogP contribution < -0.4 is 15.4 Å². The lowest BCUT2D eigenvalue weighted by Gasteiger charge is -2.26. The maximum absolute atomic E-state index is 12.4. The van der Waals surface area contributed by atoms with Gasteiger partial charge in [-0.1, -0.05) is 49.4 Å². The Balaban J connectivity index is 0.00000337. The van der Waals surface area contributed by atoms with Crippen molar-refractivity contribution in [2.45, 2.75) is 26.2 Å². The van der Waals surface area contributed by atoms with Crippen molar-refractivity contribution in [2.24, 2.45) is 0 Å². The van der Waals surface area contributed by atoms with E-state index in [0.717, 1.165) is 65.0 Å². The number of anilines is 2. The Labute approximate surface area is 252 Å². The number of imidazole rings is 1. The van der Waals surface area contributed by atoms with E-state index < -0.39 is 0 Å². The molecule has 1 saturated heterocycles. The van der Waals surface area contributed by atoms with Gasteiger partial charge in [-0.3, -0.25) is 14.6 Å². The molecule has 12 heteroatoms. The number of fused-ring (bicyclic) bond motifs is 3. The van der Waals surface area contributed by atoms with Gasteiger partial charge in [-0.05, 0) is 30.3 Å². The van der Waals surface area contributed by atoms with Crippen molar-refractivity contribution < 1.29 is 18.8 Å². The van der Waals surface area contributed by atoms with E-state index in [0.29, 0.717) is 23.9 Å². The van der Waals surface area contributed by atoms with Gasteiger partial charge in [0.15, 0.2) is 10.8 Å². The molecule has 3 aromatic heterocycles. The van der Waals surface area contributed by atoms with E-state index in [9.17, 15) is 4.79 Å². The first-order chi connectivity index (χ1) is 19.3. The SMILES string of the molecule is Br.CC(C)(C)c1cc(NC(=O)Nc2ccc(-c3cn4c(n3)sc3cc(OCCN5CCOCC5)ccc34)cc2)no1. The van der Waals surface area contributed by atoms with Crippen LogP contribution in [-0.2, 0) is 10.2 Å². The molecule has 216 valence electrons. The number of aromatic nitrogens is 3. The van der Waals surface area contributed by atoms with Crippen molar-refractivity contribution in [1.29, 1.82) is 0 Å². The van der Waals surface area contributed by atoms with Gasteiger partial charge >= 0.3 is 6.03 Å². The summed E-state index contributed by atoms with van der Waals surface area (Å²) >= 11 is 1.63. The number of hydrogen-bond donors (Lipinski definition) is 2. The maximum atomic E-state index is 12.4. The first kappa shape index (κ1) is 29.1. The molecule has 0 bridgehead atoms. The summed E-state index contributed by atoms with van der Waals surface area (Å²) in [6.07, 6.45) is 2.04. The molecule has 0 unspecified atom stereocenters. The average Bonchev–Trinajstić information content (AvgIpc) is 3.64. The monoisotopic (exact) mass is 640 g/mol. The third kappa shape index (κ3) is 6.72. The van der Waals surface area contributed by atoms with Crippen molar-refractivity contribution >= 4 is 61.0 Å². The molecule has 2 amide bonds. The van der Waals surface area contributed by atoms with E-state index >= 15 is 0 Å². The zero-order valence-electron chi connectivity index (χ0n) is 23.2. The second kappa shape index (κ2) is 12.2. The van der Waals surface area contributed by atoms with Crippen molar-refractivity contribution in [3.05, 3.63) is 60.5 Å². The fourth-order valence-electron chi connectivity index (χ4n) is 4.52. The summed E-state index contributed by atoms with van der Waals surface area (Å²) in [5, 5.41) is 9.45. The first-order valence-electron chi connectivity index (χ1n) is 13.3. The van der Waals surface area contributed by atoms with Gasteiger partial charge in [0.2, 0.25) is 0 Å². The Morgan fingerprint density at radius 2 is 1.85 bits per heavy atom. The van der Waals surface area contributed by atoms with Crippen LogP contribution >= 0.6 is 28.3 Å². The molecular weight excluding hydrogens is 608 g/mol. The summed E-state index contributed by atoms with van der Waals surface area (Å²) in [4.78, 5) is 20.5. The highest BCUT2D eigenvalue weighted by Crippen LogP contribution is 2.32. The summed E-state index contributed by atoms with van der Waals surface area (Å²) < 4.78 is 20.0. The predicted octanol–water partition coefficient (Wildman–Crippen LogP) is 6.43. The molecule has 1 aliphatic heterocycles. The second-order valence-electron chi connectivity index (χ2n) is 10.8. The average molecular weight is 642 g/mol. The Bertz CT molecular complexity index is 1630. The van der Waals surface area contributed by atoms with Crippen molar-refractivity contribution in [3.8, 4) is 17.0 Å². The number of urea groups is 1. The van der Waals surface area contributed by atoms with Crippen molar-refractivity contribution in [3.63, 3.8) is 0 Å². The zero-order chi connectivity index (χ0) is 27.7. The van der Waals surface area contributed by atoms with Gasteiger partial charge in [0.1, 0.15) is 18.1 Å². The van der Waals surface area contributed by atoms with E-state index in [2.05, 4.69) is 37.2 Å². The molecule has 0 saturated carbocycles. The molecule has 4 heterocycles. The lowest BCUT2D eigenvalue weighted by atomic mass is 9.93. The van der Waals surface area contributed by atoms with Crippen LogP contribution in [-0.4, -0.2) is 64.9 Å². The van der Waals surface area contributed by atoms with Crippen LogP contribution in [0.4, 0.5) is 16.3 Å². The predicted molar refractivity (Wildman–Crippen MR) is 167 cm³/mol. The van der Waals surface area contributed by atoms with E-state index in [1.54, 1.807) is 17.4 Å². The molecule has 10 nitrogen and oxygen atoms in total. The molecular formula is C29H33BrN6O4S. The Morgan fingerprint density at radius 1 is 1.07 bits per heavy atom. The number of carbonyl (C=O) groups is 1. The molecule has 1 aliphatic rings. The summed E-state index contributed by atoms with van der Waals surface area (Å²) in [7, 11) is 0. The lowest BCUT2D eigenvalue weighted by molar-refractivity contribution is 0.0322. The Hall–Kier alpha value is -3.45. The maximum Gasteiger partial charge on any atom is 0.324 e. The minimum atomic E-state index is -0.389. The number of ether oxygens (including phenoxy) is 2. The zero-order valence-corrected chi connectivity index (χ0v) is 25.7. The summed E-state index contributed by atoms with van der Waals surface area (Å²) in [5.41, 5.74) is 3.40. The van der Waals surface area contributed by atoms with Gasteiger partial charge in [0.05, 0.1) is 29.1 Å². The summed E-state index contributed by atoms with van der Waals surface area (Å²) in [6.45, 7) is 11.1. The van der Waals surface area contributed by atoms with Crippen LogP contribution in [0.5, 0.6) is 5.75 Å². The van der Waals surface area contributed by atoms with Crippen molar-refractivity contribution in [1.82, 2.24) is 19.4 Å². The van der Waals surface area contributed by atoms with Gasteiger partial charge in [0.25, 0.3) is 0 Å². The number of thiazole rings is 1. The highest BCUT2D eigenvalue weighted by Gasteiger charge is 2.20. The van der Waals surface area contributed by atoms with E-state index in [-0.39, 0.29) is 28.4 Å². The highest BCUT2D eigenvalue weighted by molar-refractivity contribution is 8.93. The number of amides is 2. The van der Waals surface area contributed by atoms with Crippen LogP contribution in [0.25, 0.3) is 26.4 Å². The van der Waals surface area contributed by atoms with E-state index in [1.807, 2.05) is 57.3 Å². The first-order valence-corrected chi connectivity index (χ1v) is 14.1. The molecule has 0 radical (unpaired) electrons. The Morgan fingerprint density at radius 3 is 2.59 bits per heavy atom. The van der Waals surface area contributed by atoms with Gasteiger partial charge in [-0.15, -0.1) is 17.0 Å². The van der Waals surface area contributed by atoms with E-state index in [1.165, 1.54) is 0 Å². The third-order valence-corrected chi connectivity index (χ3v) is 7.79. The molecule has 41 heavy (non-hydrogen) atoms. The number of halogens is 1. The van der Waals surface area contributed by atoms with Crippen molar-refractivity contribution in [2.75, 3.05) is 50.1 Å². The summed E-state index contributed by atoms with van der Waals surface area (Å²) in [6, 6.07) is 15.1. The van der Waals surface area contributed by atoms with Crippen LogP contribution in [0.15, 0.2) is 59.3 Å². The van der Waals surface area contributed by atoms with Gasteiger partial charge in [-0.2, -0.15) is 0 Å². The standard InChI is InChI=1S/C29H32N6O4S.BrH/c1-29(2,3)25-17-26(33-39-25)32-27(36)30-20-6-4-19(5-7-20)22-18-35-23-9-8-21(16-24(23)40-28(35)31-22)38-15-12-34-10-13-37-14-11-34;/h4-9,16-18H,10-15H2,1-3H3,(H2,30,32,33,36);1H. The fourth-order valence-corrected chi connectivity index (χ4v) is 5.55. The molecule has 0 atom stereocenters. The smallest absolute Gasteiger partial charge is 0.324 e. The molecule has 0 spiro atoms. The number of benzene rings is 2. The quantitative estimate of drug-likeness (QED) is 0.211. The minimum Gasteiger partial charge on any atom is -0.492 e. The number of carbonyl (C=O) groups excluding carboxylic acids is 1. The largest absolute Gasteiger partial charge is 0.492 e. The van der Waals surface area contributed by atoms with Crippen LogP contribution in [0.3, 0.4) is 0 Å².